The van der Waals surface area contributed by atoms with Crippen molar-refractivity contribution in [1.82, 2.24) is 35.3 Å². The van der Waals surface area contributed by atoms with Crippen LogP contribution in [0.1, 0.15) is 41.4 Å². The van der Waals surface area contributed by atoms with Crippen LogP contribution in [0.5, 0.6) is 0 Å². The molecule has 1 fully saturated rings. The van der Waals surface area contributed by atoms with Crippen molar-refractivity contribution in [3.63, 3.8) is 0 Å². The van der Waals surface area contributed by atoms with Crippen molar-refractivity contribution in [2.75, 3.05) is 18.4 Å². The SMILES string of the molecule is CC1C=C(n2nc(CN3CCCC3)cc2NC(=O)c2ccc(C(F)(F)F)c(-c3ccn(C)n3)c2)NN1. The second-order valence-corrected chi connectivity index (χ2v) is 9.11. The molecule has 3 aromatic rings. The van der Waals surface area contributed by atoms with E-state index in [2.05, 4.69) is 31.3 Å². The monoisotopic (exact) mass is 500 g/mol. The van der Waals surface area contributed by atoms with Crippen LogP contribution in [0.3, 0.4) is 0 Å². The van der Waals surface area contributed by atoms with Gasteiger partial charge in [-0.1, -0.05) is 0 Å². The Hall–Kier alpha value is -3.64. The van der Waals surface area contributed by atoms with Gasteiger partial charge in [-0.05, 0) is 63.2 Å². The van der Waals surface area contributed by atoms with Gasteiger partial charge in [0.05, 0.1) is 17.0 Å². The molecule has 9 nitrogen and oxygen atoms in total. The number of halogens is 3. The molecule has 2 aliphatic heterocycles. The van der Waals surface area contributed by atoms with E-state index in [1.807, 2.05) is 13.0 Å². The first-order valence-electron chi connectivity index (χ1n) is 11.7. The maximum absolute atomic E-state index is 13.7. The second kappa shape index (κ2) is 9.43. The van der Waals surface area contributed by atoms with E-state index in [9.17, 15) is 18.0 Å². The number of benzene rings is 1. The van der Waals surface area contributed by atoms with Gasteiger partial charge in [-0.2, -0.15) is 28.1 Å². The van der Waals surface area contributed by atoms with Gasteiger partial charge in [-0.3, -0.25) is 14.4 Å². The van der Waals surface area contributed by atoms with E-state index in [-0.39, 0.29) is 22.9 Å². The Morgan fingerprint density at radius 1 is 1.17 bits per heavy atom. The van der Waals surface area contributed by atoms with Gasteiger partial charge in [-0.25, -0.2) is 5.43 Å². The maximum atomic E-state index is 13.7. The number of carbonyl (C=O) groups excluding carboxylic acids is 1. The summed E-state index contributed by atoms with van der Waals surface area (Å²) in [5, 5.41) is 11.6. The van der Waals surface area contributed by atoms with Crippen LogP contribution in [0, 0.1) is 0 Å². The molecule has 190 valence electrons. The van der Waals surface area contributed by atoms with E-state index in [1.54, 1.807) is 24.0 Å². The highest BCUT2D eigenvalue weighted by Gasteiger charge is 2.34. The summed E-state index contributed by atoms with van der Waals surface area (Å²) in [5.41, 5.74) is 6.12. The number of hydrogen-bond acceptors (Lipinski definition) is 6. The van der Waals surface area contributed by atoms with E-state index >= 15 is 0 Å². The fourth-order valence-electron chi connectivity index (χ4n) is 4.47. The zero-order chi connectivity index (χ0) is 25.4. The number of hydrogen-bond donors (Lipinski definition) is 3. The zero-order valence-electron chi connectivity index (χ0n) is 19.9. The molecule has 36 heavy (non-hydrogen) atoms. The van der Waals surface area contributed by atoms with Crippen LogP contribution in [0.2, 0.25) is 0 Å². The third kappa shape index (κ3) is 5.00. The predicted molar refractivity (Wildman–Crippen MR) is 128 cm³/mol. The number of aromatic nitrogens is 4. The van der Waals surface area contributed by atoms with Crippen molar-refractivity contribution in [3.05, 3.63) is 59.4 Å². The number of nitrogens with one attached hydrogen (secondary N) is 3. The Labute approximate surface area is 205 Å². The molecule has 1 atom stereocenters. The average molecular weight is 501 g/mol. The molecule has 4 heterocycles. The van der Waals surface area contributed by atoms with Crippen molar-refractivity contribution in [2.45, 2.75) is 38.5 Å². The molecular formula is C24H27F3N8O. The molecule has 0 radical (unpaired) electrons. The third-order valence-electron chi connectivity index (χ3n) is 6.23. The Bertz CT molecular complexity index is 1300. The lowest BCUT2D eigenvalue weighted by atomic mass is 10.0. The summed E-state index contributed by atoms with van der Waals surface area (Å²) in [6, 6.07) is 6.66. The largest absolute Gasteiger partial charge is 0.417 e. The highest BCUT2D eigenvalue weighted by molar-refractivity contribution is 6.05. The molecule has 2 aromatic heterocycles. The quantitative estimate of drug-likeness (QED) is 0.480. The van der Waals surface area contributed by atoms with Crippen molar-refractivity contribution in [1.29, 1.82) is 0 Å². The van der Waals surface area contributed by atoms with E-state index in [0.717, 1.165) is 37.7 Å². The van der Waals surface area contributed by atoms with Gasteiger partial charge in [0.1, 0.15) is 11.6 Å². The predicted octanol–water partition coefficient (Wildman–Crippen LogP) is 3.45. The summed E-state index contributed by atoms with van der Waals surface area (Å²) in [4.78, 5) is 15.5. The van der Waals surface area contributed by atoms with Crippen molar-refractivity contribution >= 4 is 17.5 Å². The molecule has 0 aliphatic carbocycles. The molecular weight excluding hydrogens is 473 g/mol. The highest BCUT2D eigenvalue weighted by atomic mass is 19.4. The van der Waals surface area contributed by atoms with Crippen molar-refractivity contribution in [3.8, 4) is 11.3 Å². The number of nitrogens with zero attached hydrogens (tertiary/aromatic N) is 5. The summed E-state index contributed by atoms with van der Waals surface area (Å²) < 4.78 is 44.1. The topological polar surface area (TPSA) is 92.0 Å². The first kappa shape index (κ1) is 24.1. The molecule has 2 aliphatic rings. The van der Waals surface area contributed by atoms with E-state index in [0.29, 0.717) is 18.2 Å². The van der Waals surface area contributed by atoms with Crippen LogP contribution >= 0.6 is 0 Å². The Morgan fingerprint density at radius 2 is 1.94 bits per heavy atom. The van der Waals surface area contributed by atoms with Crippen LogP contribution in [0.25, 0.3) is 17.1 Å². The van der Waals surface area contributed by atoms with Gasteiger partial charge in [0.15, 0.2) is 0 Å². The fourth-order valence-corrected chi connectivity index (χ4v) is 4.47. The molecule has 0 spiro atoms. The molecule has 1 aromatic carbocycles. The van der Waals surface area contributed by atoms with Gasteiger partial charge < -0.3 is 10.7 Å². The zero-order valence-corrected chi connectivity index (χ0v) is 19.9. The van der Waals surface area contributed by atoms with E-state index in [1.165, 1.54) is 22.9 Å². The normalized spacial score (nSPS) is 18.4. The van der Waals surface area contributed by atoms with Gasteiger partial charge in [-0.15, -0.1) is 0 Å². The van der Waals surface area contributed by atoms with Gasteiger partial charge in [0.2, 0.25) is 0 Å². The number of amides is 1. The minimum Gasteiger partial charge on any atom is -0.306 e. The summed E-state index contributed by atoms with van der Waals surface area (Å²) in [6.45, 7) is 4.61. The van der Waals surface area contributed by atoms with Gasteiger partial charge >= 0.3 is 6.18 Å². The lowest BCUT2D eigenvalue weighted by Gasteiger charge is -2.14. The molecule has 5 rings (SSSR count). The molecule has 1 unspecified atom stereocenters. The van der Waals surface area contributed by atoms with Crippen molar-refractivity contribution < 1.29 is 18.0 Å². The molecule has 0 bridgehead atoms. The first-order chi connectivity index (χ1) is 17.2. The van der Waals surface area contributed by atoms with Crippen LogP contribution < -0.4 is 16.2 Å². The number of carbonyl (C=O) groups is 1. The van der Waals surface area contributed by atoms with Crippen molar-refractivity contribution in [2.24, 2.45) is 7.05 Å². The molecule has 1 amide bonds. The number of alkyl halides is 3. The number of anilines is 1. The van der Waals surface area contributed by atoms with E-state index in [4.69, 9.17) is 0 Å². The van der Waals surface area contributed by atoms with Gasteiger partial charge in [0, 0.05) is 43.0 Å². The van der Waals surface area contributed by atoms with Gasteiger partial charge in [0.25, 0.3) is 5.91 Å². The molecule has 12 heteroatoms. The molecule has 1 saturated heterocycles. The number of likely N-dealkylation sites (tertiary alicyclic amines) is 1. The number of rotatable bonds is 6. The van der Waals surface area contributed by atoms with Crippen LogP contribution in [0.15, 0.2) is 42.6 Å². The maximum Gasteiger partial charge on any atom is 0.417 e. The number of aryl methyl sites for hydroxylation is 1. The van der Waals surface area contributed by atoms with E-state index < -0.39 is 17.6 Å². The smallest absolute Gasteiger partial charge is 0.306 e. The number of hydrazine groups is 1. The standard InChI is InChI=1S/C24H27F3N8O/c1-15-11-22(30-29-15)35-21(13-17(31-35)14-34-8-3-4-9-34)28-23(36)16-5-6-19(24(25,26)27)18(12-16)20-7-10-33(2)32-20/h5-7,10-13,15,29-30H,3-4,8-9,14H2,1-2H3,(H,28,36). The lowest BCUT2D eigenvalue weighted by Crippen LogP contribution is -2.31. The molecule has 3 N–H and O–H groups in total. The Morgan fingerprint density at radius 3 is 2.58 bits per heavy atom. The Kier molecular flexibility index (Phi) is 6.31. The second-order valence-electron chi connectivity index (χ2n) is 9.11. The summed E-state index contributed by atoms with van der Waals surface area (Å²) in [6.07, 6.45) is 1.19. The van der Waals surface area contributed by atoms with Crippen LogP contribution in [-0.2, 0) is 19.8 Å². The first-order valence-corrected chi connectivity index (χ1v) is 11.7. The third-order valence-corrected chi connectivity index (χ3v) is 6.23. The lowest BCUT2D eigenvalue weighted by molar-refractivity contribution is -0.137. The van der Waals surface area contributed by atoms with Crippen LogP contribution in [-0.4, -0.2) is 49.5 Å². The summed E-state index contributed by atoms with van der Waals surface area (Å²) >= 11 is 0. The van der Waals surface area contributed by atoms with Crippen LogP contribution in [0.4, 0.5) is 19.0 Å². The minimum atomic E-state index is -4.59. The Balaban J connectivity index is 1.46. The summed E-state index contributed by atoms with van der Waals surface area (Å²) in [5.74, 6) is 0.532. The fraction of sp³-hybridized carbons (Fsp3) is 0.375. The highest BCUT2D eigenvalue weighted by Crippen LogP contribution is 2.37. The molecule has 0 saturated carbocycles. The minimum absolute atomic E-state index is 0.0608. The average Bonchev–Trinajstić information content (AvgIpc) is 3.62. The summed E-state index contributed by atoms with van der Waals surface area (Å²) in [7, 11) is 1.62.